The van der Waals surface area contributed by atoms with E-state index in [-0.39, 0.29) is 35.4 Å². The van der Waals surface area contributed by atoms with E-state index in [1.54, 1.807) is 33.9 Å². The number of hydrogen-bond acceptors (Lipinski definition) is 6. The highest BCUT2D eigenvalue weighted by Gasteiger charge is 2.49. The minimum atomic E-state index is -1.22. The summed E-state index contributed by atoms with van der Waals surface area (Å²) in [5.74, 6) is -0.240. The van der Waals surface area contributed by atoms with E-state index in [1.807, 2.05) is 18.2 Å². The Balaban J connectivity index is 1.60. The molecule has 1 amide bonds. The zero-order valence-corrected chi connectivity index (χ0v) is 18.7. The van der Waals surface area contributed by atoms with Crippen LogP contribution in [0, 0.1) is 5.82 Å². The first-order chi connectivity index (χ1) is 16.0. The Hall–Kier alpha value is -2.81. The fraction of sp³-hybridized carbons (Fsp3) is 0.320. The summed E-state index contributed by atoms with van der Waals surface area (Å²) in [5, 5.41) is 24.8. The van der Waals surface area contributed by atoms with Crippen molar-refractivity contribution in [2.24, 2.45) is 0 Å². The van der Waals surface area contributed by atoms with Crippen molar-refractivity contribution in [2.45, 2.75) is 48.2 Å². The lowest BCUT2D eigenvalue weighted by Gasteiger charge is -2.55. The largest absolute Gasteiger partial charge is 0.507 e. The molecular formula is C25H24FN3O3S. The molecule has 4 aliphatic heterocycles. The fourth-order valence-corrected chi connectivity index (χ4v) is 6.48. The van der Waals surface area contributed by atoms with E-state index in [0.717, 1.165) is 40.8 Å². The van der Waals surface area contributed by atoms with Crippen molar-refractivity contribution in [1.82, 2.24) is 14.9 Å². The summed E-state index contributed by atoms with van der Waals surface area (Å²) < 4.78 is 14.2. The first-order valence-electron chi connectivity index (χ1n) is 11.2. The highest BCUT2D eigenvalue weighted by atomic mass is 32.2. The summed E-state index contributed by atoms with van der Waals surface area (Å²) >= 11 is 1.68. The van der Waals surface area contributed by atoms with Crippen molar-refractivity contribution in [2.75, 3.05) is 6.54 Å². The number of hydrogen-bond donors (Lipinski definition) is 2. The number of carbonyl (C=O) groups excluding carboxylic acids is 1. The van der Waals surface area contributed by atoms with Crippen molar-refractivity contribution in [1.29, 1.82) is 0 Å². The van der Waals surface area contributed by atoms with E-state index in [2.05, 4.69) is 17.1 Å². The van der Waals surface area contributed by atoms with Crippen molar-refractivity contribution in [3.05, 3.63) is 88.7 Å². The van der Waals surface area contributed by atoms with Crippen LogP contribution in [0.15, 0.2) is 71.1 Å². The second-order valence-corrected chi connectivity index (χ2v) is 9.81. The lowest BCUT2D eigenvalue weighted by molar-refractivity contribution is -0.172. The molecule has 4 heterocycles. The maximum Gasteiger partial charge on any atom is 0.276 e. The standard InChI is InChI=1S/C25H24FN3O3S/c26-16-8-9-17-15(13-16)14-33-20-6-2-1-5-18(20)22(17)29-21-7-3-4-11-27(21)25(32)23-24(31)19(30)10-12-28(23)29/h1-2,5-6,8-10,12-13,19,21-22,30-31H,3-4,7,11,14H2/t19?,21-,22+/m1/s1. The number of nitrogens with zero attached hydrogens (tertiary/aromatic N) is 3. The summed E-state index contributed by atoms with van der Waals surface area (Å²) in [6, 6.07) is 12.8. The number of aliphatic hydroxyl groups is 2. The molecule has 0 aromatic heterocycles. The number of thioether (sulfide) groups is 1. The van der Waals surface area contributed by atoms with Crippen LogP contribution in [-0.4, -0.2) is 49.9 Å². The zero-order valence-electron chi connectivity index (χ0n) is 17.9. The molecular weight excluding hydrogens is 441 g/mol. The van der Waals surface area contributed by atoms with Gasteiger partial charge in [0.15, 0.2) is 11.5 Å². The van der Waals surface area contributed by atoms with E-state index >= 15 is 0 Å². The number of rotatable bonds is 1. The third-order valence-corrected chi connectivity index (χ3v) is 8.05. The predicted molar refractivity (Wildman–Crippen MR) is 122 cm³/mol. The van der Waals surface area contributed by atoms with E-state index in [0.29, 0.717) is 12.3 Å². The van der Waals surface area contributed by atoms with Crippen molar-refractivity contribution in [3.63, 3.8) is 0 Å². The van der Waals surface area contributed by atoms with Crippen LogP contribution in [0.5, 0.6) is 0 Å². The Labute approximate surface area is 195 Å². The minimum Gasteiger partial charge on any atom is -0.507 e. The van der Waals surface area contributed by atoms with Crippen LogP contribution in [0.2, 0.25) is 0 Å². The average molecular weight is 466 g/mol. The van der Waals surface area contributed by atoms with Gasteiger partial charge in [0.2, 0.25) is 0 Å². The topological polar surface area (TPSA) is 67.2 Å². The zero-order chi connectivity index (χ0) is 22.7. The molecule has 2 aromatic carbocycles. The molecule has 6 rings (SSSR count). The van der Waals surface area contributed by atoms with Crippen LogP contribution in [0.25, 0.3) is 0 Å². The normalized spacial score (nSPS) is 27.0. The van der Waals surface area contributed by atoms with Crippen molar-refractivity contribution < 1.29 is 19.4 Å². The SMILES string of the molecule is O=C1C2=C(O)C(O)C=CN2N([C@H]2c3ccc(F)cc3CSc3ccccc32)[C@@H]2CCCCN12. The number of halogens is 1. The molecule has 2 N–H and O–H groups in total. The Kier molecular flexibility index (Phi) is 4.97. The van der Waals surface area contributed by atoms with Gasteiger partial charge in [0.1, 0.15) is 18.1 Å². The molecule has 0 radical (unpaired) electrons. The smallest absolute Gasteiger partial charge is 0.276 e. The summed E-state index contributed by atoms with van der Waals surface area (Å²) in [6.45, 7) is 0.587. The van der Waals surface area contributed by atoms with Crippen LogP contribution in [0.4, 0.5) is 4.39 Å². The molecule has 1 unspecified atom stereocenters. The van der Waals surface area contributed by atoms with Gasteiger partial charge in [0.25, 0.3) is 5.91 Å². The first kappa shape index (κ1) is 20.8. The van der Waals surface area contributed by atoms with Crippen LogP contribution >= 0.6 is 11.8 Å². The Morgan fingerprint density at radius 1 is 1.09 bits per heavy atom. The maximum absolute atomic E-state index is 14.2. The van der Waals surface area contributed by atoms with Gasteiger partial charge in [-0.3, -0.25) is 9.80 Å². The van der Waals surface area contributed by atoms with Crippen LogP contribution in [0.3, 0.4) is 0 Å². The summed E-state index contributed by atoms with van der Waals surface area (Å²) in [4.78, 5) is 16.3. The molecule has 0 aliphatic carbocycles. The molecule has 170 valence electrons. The molecule has 2 saturated heterocycles. The number of aliphatic hydroxyl groups excluding tert-OH is 2. The minimum absolute atomic E-state index is 0.0844. The highest BCUT2D eigenvalue weighted by molar-refractivity contribution is 7.98. The second-order valence-electron chi connectivity index (χ2n) is 8.79. The second kappa shape index (κ2) is 7.90. The molecule has 2 aromatic rings. The quantitative estimate of drug-likeness (QED) is 0.663. The molecule has 0 spiro atoms. The van der Waals surface area contributed by atoms with Gasteiger partial charge >= 0.3 is 0 Å². The molecule has 2 fully saturated rings. The van der Waals surface area contributed by atoms with Gasteiger partial charge in [-0.1, -0.05) is 24.3 Å². The lowest BCUT2D eigenvalue weighted by atomic mass is 9.92. The average Bonchev–Trinajstić information content (AvgIpc) is 2.98. The van der Waals surface area contributed by atoms with Gasteiger partial charge in [-0.05, 0) is 60.2 Å². The monoisotopic (exact) mass is 465 g/mol. The molecule has 3 atom stereocenters. The van der Waals surface area contributed by atoms with Crippen molar-refractivity contribution in [3.8, 4) is 0 Å². The maximum atomic E-state index is 14.2. The summed E-state index contributed by atoms with van der Waals surface area (Å²) in [5.41, 5.74) is 3.05. The third-order valence-electron chi connectivity index (χ3n) is 6.91. The molecule has 4 aliphatic rings. The number of piperidine rings is 1. The van der Waals surface area contributed by atoms with E-state index < -0.39 is 6.10 Å². The fourth-order valence-electron chi connectivity index (χ4n) is 5.40. The van der Waals surface area contributed by atoms with Crippen LogP contribution in [0.1, 0.15) is 42.0 Å². The van der Waals surface area contributed by atoms with E-state index in [9.17, 15) is 19.4 Å². The van der Waals surface area contributed by atoms with Crippen LogP contribution < -0.4 is 0 Å². The van der Waals surface area contributed by atoms with E-state index in [4.69, 9.17) is 0 Å². The highest BCUT2D eigenvalue weighted by Crippen LogP contribution is 2.47. The number of amides is 1. The lowest BCUT2D eigenvalue weighted by Crippen LogP contribution is -2.65. The number of carbonyl (C=O) groups is 1. The van der Waals surface area contributed by atoms with Gasteiger partial charge in [0, 0.05) is 23.4 Å². The Morgan fingerprint density at radius 3 is 2.82 bits per heavy atom. The number of benzene rings is 2. The summed E-state index contributed by atoms with van der Waals surface area (Å²) in [7, 11) is 0. The molecule has 33 heavy (non-hydrogen) atoms. The van der Waals surface area contributed by atoms with Gasteiger partial charge < -0.3 is 15.1 Å². The molecule has 0 saturated carbocycles. The molecule has 6 nitrogen and oxygen atoms in total. The Morgan fingerprint density at radius 2 is 1.94 bits per heavy atom. The first-order valence-corrected chi connectivity index (χ1v) is 12.2. The summed E-state index contributed by atoms with van der Waals surface area (Å²) in [6.07, 6.45) is 4.38. The Bertz CT molecular complexity index is 1200. The molecule has 0 bridgehead atoms. The number of fused-ring (bicyclic) bond motifs is 4. The van der Waals surface area contributed by atoms with Crippen molar-refractivity contribution >= 4 is 17.7 Å². The van der Waals surface area contributed by atoms with Gasteiger partial charge in [0.05, 0.1) is 6.04 Å². The third kappa shape index (κ3) is 3.19. The van der Waals surface area contributed by atoms with Gasteiger partial charge in [-0.25, -0.2) is 4.39 Å². The van der Waals surface area contributed by atoms with Gasteiger partial charge in [-0.15, -0.1) is 11.8 Å². The van der Waals surface area contributed by atoms with E-state index in [1.165, 1.54) is 12.1 Å². The van der Waals surface area contributed by atoms with Crippen LogP contribution in [-0.2, 0) is 10.5 Å². The molecule has 8 heteroatoms. The number of hydrazine groups is 1. The van der Waals surface area contributed by atoms with Gasteiger partial charge in [-0.2, -0.15) is 5.01 Å². The predicted octanol–water partition coefficient (Wildman–Crippen LogP) is 4.05.